The van der Waals surface area contributed by atoms with Crippen molar-refractivity contribution in [2.75, 3.05) is 5.32 Å². The van der Waals surface area contributed by atoms with Crippen LogP contribution in [0.2, 0.25) is 0 Å². The number of nitrogens with one attached hydrogen (secondary N) is 1. The number of carbonyl (C=O) groups excluding carboxylic acids is 1. The molecule has 0 aliphatic heterocycles. The van der Waals surface area contributed by atoms with Crippen LogP contribution in [0.15, 0.2) is 22.9 Å². The molecule has 0 aliphatic carbocycles. The van der Waals surface area contributed by atoms with Gasteiger partial charge in [0.05, 0.1) is 11.6 Å². The molecule has 1 aromatic rings. The molecule has 1 aromatic heterocycles. The molecule has 0 aliphatic rings. The predicted molar refractivity (Wildman–Crippen MR) is 66.5 cm³/mol. The first-order valence-electron chi connectivity index (χ1n) is 5.07. The van der Waals surface area contributed by atoms with Crippen LogP contribution in [-0.2, 0) is 9.59 Å². The van der Waals surface area contributed by atoms with Gasteiger partial charge in [0, 0.05) is 12.1 Å². The van der Waals surface area contributed by atoms with Crippen LogP contribution in [-0.4, -0.2) is 22.0 Å². The largest absolute Gasteiger partial charge is 0.481 e. The summed E-state index contributed by atoms with van der Waals surface area (Å²) in [7, 11) is 0. The molecule has 0 fully saturated rings. The van der Waals surface area contributed by atoms with Crippen LogP contribution in [0.1, 0.15) is 13.8 Å². The van der Waals surface area contributed by atoms with E-state index in [0.717, 1.165) is 0 Å². The normalized spacial score (nSPS) is 13.8. The molecule has 1 amide bonds. The molecule has 2 unspecified atom stereocenters. The number of hydrogen-bond acceptors (Lipinski definition) is 3. The Morgan fingerprint density at radius 1 is 1.41 bits per heavy atom. The monoisotopic (exact) mass is 300 g/mol. The van der Waals surface area contributed by atoms with Crippen LogP contribution in [0.3, 0.4) is 0 Å². The Balaban J connectivity index is 2.73. The van der Waals surface area contributed by atoms with Gasteiger partial charge in [0.2, 0.25) is 5.91 Å². The van der Waals surface area contributed by atoms with Crippen LogP contribution >= 0.6 is 15.9 Å². The molecular formula is C11H13BrN2O3. The van der Waals surface area contributed by atoms with Gasteiger partial charge in [-0.05, 0) is 28.1 Å². The summed E-state index contributed by atoms with van der Waals surface area (Å²) in [6.45, 7) is 3.09. The zero-order chi connectivity index (χ0) is 13.0. The van der Waals surface area contributed by atoms with E-state index in [-0.39, 0.29) is 5.91 Å². The third-order valence-corrected chi connectivity index (χ3v) is 3.20. The highest BCUT2D eigenvalue weighted by Crippen LogP contribution is 2.20. The molecule has 5 nitrogen and oxygen atoms in total. The van der Waals surface area contributed by atoms with Crippen molar-refractivity contribution in [1.29, 1.82) is 0 Å². The Kier molecular flexibility index (Phi) is 4.62. The summed E-state index contributed by atoms with van der Waals surface area (Å²) < 4.78 is 0.517. The second-order valence-corrected chi connectivity index (χ2v) is 4.50. The minimum atomic E-state index is -0.988. The van der Waals surface area contributed by atoms with Crippen LogP contribution in [0.5, 0.6) is 0 Å². The van der Waals surface area contributed by atoms with Crippen LogP contribution in [0.4, 0.5) is 5.69 Å². The Morgan fingerprint density at radius 3 is 2.59 bits per heavy atom. The number of carboxylic acids is 1. The summed E-state index contributed by atoms with van der Waals surface area (Å²) in [5.74, 6) is -2.67. The third-order valence-electron chi connectivity index (χ3n) is 2.57. The molecule has 0 radical (unpaired) electrons. The number of hydrogen-bond donors (Lipinski definition) is 2. The van der Waals surface area contributed by atoms with Crippen molar-refractivity contribution in [3.63, 3.8) is 0 Å². The van der Waals surface area contributed by atoms with Gasteiger partial charge in [-0.1, -0.05) is 13.8 Å². The molecule has 1 heterocycles. The zero-order valence-electron chi connectivity index (χ0n) is 9.48. The van der Waals surface area contributed by atoms with Gasteiger partial charge in [-0.2, -0.15) is 0 Å². The topological polar surface area (TPSA) is 79.3 Å². The third kappa shape index (κ3) is 3.52. The molecule has 2 atom stereocenters. The highest BCUT2D eigenvalue weighted by atomic mass is 79.9. The lowest BCUT2D eigenvalue weighted by molar-refractivity contribution is -0.145. The summed E-state index contributed by atoms with van der Waals surface area (Å²) in [6.07, 6.45) is 1.59. The first-order valence-corrected chi connectivity index (χ1v) is 5.87. The lowest BCUT2D eigenvalue weighted by Gasteiger charge is -2.16. The van der Waals surface area contributed by atoms with Gasteiger partial charge in [-0.15, -0.1) is 0 Å². The van der Waals surface area contributed by atoms with Crippen molar-refractivity contribution in [2.24, 2.45) is 11.8 Å². The fraction of sp³-hybridized carbons (Fsp3) is 0.364. The number of carboxylic acid groups (broad SMARTS) is 1. The number of amides is 1. The van der Waals surface area contributed by atoms with Crippen molar-refractivity contribution < 1.29 is 14.7 Å². The standard InChI is InChI=1S/C11H13BrN2O3/c1-6(7(2)11(16)17)10(15)14-8-4-3-5-13-9(8)12/h3-7H,1-2H3,(H,14,15)(H,16,17). The number of pyridine rings is 1. The highest BCUT2D eigenvalue weighted by molar-refractivity contribution is 9.10. The molecule has 17 heavy (non-hydrogen) atoms. The summed E-state index contributed by atoms with van der Waals surface area (Å²) >= 11 is 3.20. The van der Waals surface area contributed by atoms with E-state index in [9.17, 15) is 9.59 Å². The van der Waals surface area contributed by atoms with Gasteiger partial charge >= 0.3 is 5.97 Å². The van der Waals surface area contributed by atoms with Gasteiger partial charge in [0.1, 0.15) is 4.60 Å². The Hall–Kier alpha value is -1.43. The number of carbonyl (C=O) groups is 2. The predicted octanol–water partition coefficient (Wildman–Crippen LogP) is 2.14. The van der Waals surface area contributed by atoms with Gasteiger partial charge in [-0.3, -0.25) is 9.59 Å². The maximum atomic E-state index is 11.8. The van der Waals surface area contributed by atoms with Crippen LogP contribution in [0.25, 0.3) is 0 Å². The quantitative estimate of drug-likeness (QED) is 0.835. The van der Waals surface area contributed by atoms with Crippen LogP contribution in [0, 0.1) is 11.8 Å². The summed E-state index contributed by atoms with van der Waals surface area (Å²) in [5, 5.41) is 11.5. The number of nitrogens with zero attached hydrogens (tertiary/aromatic N) is 1. The number of anilines is 1. The molecule has 0 aromatic carbocycles. The molecule has 0 spiro atoms. The first kappa shape index (κ1) is 13.6. The molecule has 92 valence electrons. The molecule has 2 N–H and O–H groups in total. The zero-order valence-corrected chi connectivity index (χ0v) is 11.1. The van der Waals surface area contributed by atoms with Crippen molar-refractivity contribution in [3.8, 4) is 0 Å². The summed E-state index contributed by atoms with van der Waals surface area (Å²) in [5.41, 5.74) is 0.530. The molecular weight excluding hydrogens is 288 g/mol. The Bertz CT molecular complexity index is 436. The maximum Gasteiger partial charge on any atom is 0.307 e. The SMILES string of the molecule is CC(C(=O)O)C(C)C(=O)Nc1cccnc1Br. The average molecular weight is 301 g/mol. The molecule has 0 saturated heterocycles. The molecule has 0 bridgehead atoms. The number of halogens is 1. The molecule has 6 heteroatoms. The second-order valence-electron chi connectivity index (χ2n) is 3.75. The Labute approximate surface area is 107 Å². The van der Waals surface area contributed by atoms with Crippen molar-refractivity contribution >= 4 is 33.5 Å². The van der Waals surface area contributed by atoms with E-state index in [1.54, 1.807) is 25.3 Å². The van der Waals surface area contributed by atoms with Gasteiger partial charge < -0.3 is 10.4 Å². The highest BCUT2D eigenvalue weighted by Gasteiger charge is 2.26. The number of rotatable bonds is 4. The number of aromatic nitrogens is 1. The molecule has 0 saturated carbocycles. The summed E-state index contributed by atoms with van der Waals surface area (Å²) in [6, 6.07) is 3.37. The summed E-state index contributed by atoms with van der Waals surface area (Å²) in [4.78, 5) is 26.5. The van der Waals surface area contributed by atoms with Crippen molar-refractivity contribution in [1.82, 2.24) is 4.98 Å². The lowest BCUT2D eigenvalue weighted by Crippen LogP contribution is -2.30. The number of aliphatic carboxylic acids is 1. The maximum absolute atomic E-state index is 11.8. The van der Waals surface area contributed by atoms with Crippen molar-refractivity contribution in [3.05, 3.63) is 22.9 Å². The van der Waals surface area contributed by atoms with Gasteiger partial charge in [0.15, 0.2) is 0 Å². The Morgan fingerprint density at radius 2 is 2.06 bits per heavy atom. The van der Waals surface area contributed by atoms with E-state index >= 15 is 0 Å². The van der Waals surface area contributed by atoms with E-state index in [2.05, 4.69) is 26.2 Å². The smallest absolute Gasteiger partial charge is 0.307 e. The minimum Gasteiger partial charge on any atom is -0.481 e. The lowest BCUT2D eigenvalue weighted by atomic mass is 9.95. The first-order chi connectivity index (χ1) is 7.93. The second kappa shape index (κ2) is 5.77. The van der Waals surface area contributed by atoms with E-state index < -0.39 is 17.8 Å². The van der Waals surface area contributed by atoms with Gasteiger partial charge in [0.25, 0.3) is 0 Å². The van der Waals surface area contributed by atoms with Gasteiger partial charge in [-0.25, -0.2) is 4.98 Å². The average Bonchev–Trinajstić information content (AvgIpc) is 2.30. The minimum absolute atomic E-state index is 0.339. The van der Waals surface area contributed by atoms with Crippen LogP contribution < -0.4 is 5.32 Å². The fourth-order valence-corrected chi connectivity index (χ4v) is 1.52. The molecule has 1 rings (SSSR count). The van der Waals surface area contributed by atoms with E-state index in [1.807, 2.05) is 0 Å². The fourth-order valence-electron chi connectivity index (χ4n) is 1.17. The van der Waals surface area contributed by atoms with E-state index in [1.165, 1.54) is 6.92 Å². The van der Waals surface area contributed by atoms with E-state index in [4.69, 9.17) is 5.11 Å². The van der Waals surface area contributed by atoms with Crippen molar-refractivity contribution in [2.45, 2.75) is 13.8 Å². The van der Waals surface area contributed by atoms with E-state index in [0.29, 0.717) is 10.3 Å².